The van der Waals surface area contributed by atoms with E-state index in [-0.39, 0.29) is 17.1 Å². The monoisotopic (exact) mass is 314 g/mol. The van der Waals surface area contributed by atoms with Crippen LogP contribution < -0.4 is 5.32 Å². The highest BCUT2D eigenvalue weighted by atomic mass is 35.5. The molecular formula is C10H7ClN4O4S. The minimum absolute atomic E-state index is 0.199. The molecule has 0 saturated heterocycles. The molecule has 2 rings (SSSR count). The van der Waals surface area contributed by atoms with Gasteiger partial charge in [-0.3, -0.25) is 20.2 Å². The normalized spacial score (nSPS) is 10.2. The molecular weight excluding hydrogens is 308 g/mol. The smallest absolute Gasteiger partial charge is 0.299 e. The number of anilines is 1. The molecule has 8 nitrogen and oxygen atoms in total. The minimum Gasteiger partial charge on any atom is -0.375 e. The first-order valence-corrected chi connectivity index (χ1v) is 6.43. The van der Waals surface area contributed by atoms with Crippen LogP contribution in [-0.4, -0.2) is 14.8 Å². The second kappa shape index (κ2) is 5.80. The number of hydrogen-bond donors (Lipinski definition) is 1. The summed E-state index contributed by atoms with van der Waals surface area (Å²) in [4.78, 5) is 24.8. The third kappa shape index (κ3) is 3.19. The highest BCUT2D eigenvalue weighted by Gasteiger charge is 2.19. The maximum Gasteiger partial charge on any atom is 0.299 e. The molecule has 0 aliphatic heterocycles. The topological polar surface area (TPSA) is 111 Å². The van der Waals surface area contributed by atoms with Crippen molar-refractivity contribution in [2.24, 2.45) is 0 Å². The molecule has 0 aliphatic carbocycles. The Morgan fingerprint density at radius 2 is 2.05 bits per heavy atom. The summed E-state index contributed by atoms with van der Waals surface area (Å²) in [6.07, 6.45) is 1.55. The molecule has 0 aliphatic rings. The molecule has 2 aromatic rings. The van der Waals surface area contributed by atoms with Crippen molar-refractivity contribution in [3.63, 3.8) is 0 Å². The first-order valence-electron chi connectivity index (χ1n) is 5.24. The van der Waals surface area contributed by atoms with Gasteiger partial charge in [-0.25, -0.2) is 4.98 Å². The van der Waals surface area contributed by atoms with Crippen LogP contribution in [0, 0.1) is 20.2 Å². The maximum atomic E-state index is 10.9. The van der Waals surface area contributed by atoms with E-state index in [4.69, 9.17) is 11.6 Å². The fourth-order valence-corrected chi connectivity index (χ4v) is 2.40. The summed E-state index contributed by atoms with van der Waals surface area (Å²) in [5.41, 5.74) is -0.483. The molecule has 1 heterocycles. The number of halogens is 1. The first kappa shape index (κ1) is 14.2. The Labute approximate surface area is 121 Å². The Morgan fingerprint density at radius 3 is 2.60 bits per heavy atom. The highest BCUT2D eigenvalue weighted by molar-refractivity contribution is 7.15. The average molecular weight is 315 g/mol. The third-order valence-electron chi connectivity index (χ3n) is 2.37. The Kier molecular flexibility index (Phi) is 4.11. The lowest BCUT2D eigenvalue weighted by Gasteiger charge is -2.05. The van der Waals surface area contributed by atoms with E-state index in [1.54, 1.807) is 6.20 Å². The lowest BCUT2D eigenvalue weighted by atomic mass is 10.2. The van der Waals surface area contributed by atoms with Crippen LogP contribution in [0.15, 0.2) is 24.4 Å². The van der Waals surface area contributed by atoms with E-state index < -0.39 is 9.85 Å². The molecule has 0 fully saturated rings. The van der Waals surface area contributed by atoms with Crippen molar-refractivity contribution >= 4 is 40.0 Å². The van der Waals surface area contributed by atoms with Crippen molar-refractivity contribution in [3.8, 4) is 0 Å². The van der Waals surface area contributed by atoms with E-state index in [9.17, 15) is 20.2 Å². The predicted molar refractivity (Wildman–Crippen MR) is 74.2 cm³/mol. The van der Waals surface area contributed by atoms with Crippen LogP contribution in [0.1, 0.15) is 4.88 Å². The summed E-state index contributed by atoms with van der Waals surface area (Å²) in [6.45, 7) is 0.295. The van der Waals surface area contributed by atoms with Gasteiger partial charge < -0.3 is 5.32 Å². The number of hydrogen-bond acceptors (Lipinski definition) is 7. The number of aromatic nitrogens is 1. The van der Waals surface area contributed by atoms with Gasteiger partial charge in [-0.1, -0.05) is 11.6 Å². The lowest BCUT2D eigenvalue weighted by molar-refractivity contribution is -0.393. The SMILES string of the molecule is O=[N+]([O-])c1ccc(NCc2cnc(Cl)s2)c([N+](=O)[O-])c1. The van der Waals surface area contributed by atoms with Crippen LogP contribution in [-0.2, 0) is 6.54 Å². The van der Waals surface area contributed by atoms with Crippen LogP contribution >= 0.6 is 22.9 Å². The maximum absolute atomic E-state index is 10.9. The number of nitrogens with one attached hydrogen (secondary N) is 1. The van der Waals surface area contributed by atoms with E-state index in [1.807, 2.05) is 0 Å². The van der Waals surface area contributed by atoms with Crippen molar-refractivity contribution < 1.29 is 9.85 Å². The molecule has 104 valence electrons. The van der Waals surface area contributed by atoms with Gasteiger partial charge in [-0.2, -0.15) is 0 Å². The van der Waals surface area contributed by atoms with Gasteiger partial charge >= 0.3 is 0 Å². The number of nitro benzene ring substituents is 2. The zero-order valence-corrected chi connectivity index (χ0v) is 11.3. The van der Waals surface area contributed by atoms with Crippen LogP contribution in [0.4, 0.5) is 17.1 Å². The van der Waals surface area contributed by atoms with Gasteiger partial charge in [0, 0.05) is 17.1 Å². The second-order valence-electron chi connectivity index (χ2n) is 3.65. The summed E-state index contributed by atoms with van der Waals surface area (Å²) >= 11 is 6.92. The molecule has 1 aromatic carbocycles. The third-order valence-corrected chi connectivity index (χ3v) is 3.48. The van der Waals surface area contributed by atoms with Crippen molar-refractivity contribution in [1.82, 2.24) is 4.98 Å². The molecule has 0 spiro atoms. The largest absolute Gasteiger partial charge is 0.375 e. The number of non-ortho nitro benzene ring substituents is 1. The van der Waals surface area contributed by atoms with Gasteiger partial charge in [0.15, 0.2) is 4.47 Å². The van der Waals surface area contributed by atoms with Gasteiger partial charge in [0.1, 0.15) is 5.69 Å². The second-order valence-corrected chi connectivity index (χ2v) is 5.35. The van der Waals surface area contributed by atoms with Gasteiger partial charge in [0.25, 0.3) is 11.4 Å². The van der Waals surface area contributed by atoms with E-state index in [0.29, 0.717) is 11.0 Å². The molecule has 1 N–H and O–H groups in total. The Balaban J connectivity index is 2.22. The Bertz CT molecular complexity index is 675. The molecule has 0 unspecified atom stereocenters. The minimum atomic E-state index is -0.681. The number of nitro groups is 2. The quantitative estimate of drug-likeness (QED) is 0.670. The van der Waals surface area contributed by atoms with Crippen molar-refractivity contribution in [2.75, 3.05) is 5.32 Å². The van der Waals surface area contributed by atoms with E-state index in [0.717, 1.165) is 10.9 Å². The fourth-order valence-electron chi connectivity index (χ4n) is 1.48. The molecule has 1 aromatic heterocycles. The zero-order valence-electron chi connectivity index (χ0n) is 9.78. The molecule has 0 bridgehead atoms. The molecule has 10 heteroatoms. The van der Waals surface area contributed by atoms with E-state index in [1.165, 1.54) is 23.5 Å². The number of benzene rings is 1. The van der Waals surface area contributed by atoms with Crippen LogP contribution in [0.3, 0.4) is 0 Å². The van der Waals surface area contributed by atoms with Crippen molar-refractivity contribution in [3.05, 3.63) is 54.0 Å². The first-order chi connectivity index (χ1) is 9.47. The molecule has 0 amide bonds. The summed E-state index contributed by atoms with van der Waals surface area (Å²) in [6, 6.07) is 3.43. The molecule has 0 atom stereocenters. The zero-order chi connectivity index (χ0) is 14.7. The van der Waals surface area contributed by atoms with Gasteiger partial charge in [0.05, 0.1) is 22.5 Å². The molecule has 0 radical (unpaired) electrons. The van der Waals surface area contributed by atoms with Crippen LogP contribution in [0.2, 0.25) is 4.47 Å². The van der Waals surface area contributed by atoms with Crippen LogP contribution in [0.25, 0.3) is 0 Å². The van der Waals surface area contributed by atoms with Gasteiger partial charge in [0.2, 0.25) is 0 Å². The van der Waals surface area contributed by atoms with E-state index in [2.05, 4.69) is 10.3 Å². The van der Waals surface area contributed by atoms with Gasteiger partial charge in [-0.15, -0.1) is 11.3 Å². The number of rotatable bonds is 5. The van der Waals surface area contributed by atoms with Crippen LogP contribution in [0.5, 0.6) is 0 Å². The summed E-state index contributed by atoms with van der Waals surface area (Å²) in [5.74, 6) is 0. The summed E-state index contributed by atoms with van der Waals surface area (Å²) in [7, 11) is 0. The van der Waals surface area contributed by atoms with Crippen molar-refractivity contribution in [1.29, 1.82) is 0 Å². The molecule has 0 saturated carbocycles. The highest BCUT2D eigenvalue weighted by Crippen LogP contribution is 2.29. The fraction of sp³-hybridized carbons (Fsp3) is 0.100. The average Bonchev–Trinajstić information content (AvgIpc) is 2.81. The molecule has 20 heavy (non-hydrogen) atoms. The Morgan fingerprint density at radius 1 is 1.30 bits per heavy atom. The number of nitrogens with zero attached hydrogens (tertiary/aromatic N) is 3. The van der Waals surface area contributed by atoms with E-state index >= 15 is 0 Å². The van der Waals surface area contributed by atoms with Gasteiger partial charge in [-0.05, 0) is 6.07 Å². The lowest BCUT2D eigenvalue weighted by Crippen LogP contribution is -2.02. The number of thiazole rings is 1. The Hall–Kier alpha value is -2.26. The predicted octanol–water partition coefficient (Wildman–Crippen LogP) is 3.23. The summed E-state index contributed by atoms with van der Waals surface area (Å²) < 4.78 is 0.375. The van der Waals surface area contributed by atoms with Crippen molar-refractivity contribution in [2.45, 2.75) is 6.54 Å². The standard InChI is InChI=1S/C10H7ClN4O4S/c11-10-13-5-7(20-10)4-12-8-2-1-6(14(16)17)3-9(8)15(18)19/h1-3,5,12H,4H2. The summed E-state index contributed by atoms with van der Waals surface area (Å²) in [5, 5.41) is 24.4.